The van der Waals surface area contributed by atoms with Crippen LogP contribution in [-0.4, -0.2) is 22.1 Å². The summed E-state index contributed by atoms with van der Waals surface area (Å²) in [5.74, 6) is -2.56. The largest absolute Gasteiger partial charge is 0.481 e. The van der Waals surface area contributed by atoms with E-state index < -0.39 is 23.9 Å². The number of carboxylic acid groups (broad SMARTS) is 1. The number of carbonyl (C=O) groups excluding carboxylic acids is 1. The number of rotatable bonds is 4. The Hall–Kier alpha value is -2.14. The van der Waals surface area contributed by atoms with Crippen molar-refractivity contribution in [2.75, 3.05) is 5.32 Å². The van der Waals surface area contributed by atoms with Crippen molar-refractivity contribution in [1.82, 2.24) is 0 Å². The molecule has 0 heterocycles. The summed E-state index contributed by atoms with van der Waals surface area (Å²) in [5.41, 5.74) is 1.14. The van der Waals surface area contributed by atoms with E-state index in [1.807, 2.05) is 6.08 Å². The van der Waals surface area contributed by atoms with E-state index in [1.165, 1.54) is 0 Å². The van der Waals surface area contributed by atoms with Crippen LogP contribution in [0.25, 0.3) is 0 Å². The highest BCUT2D eigenvalue weighted by Gasteiger charge is 2.34. The quantitative estimate of drug-likeness (QED) is 0.743. The number of allylic oxidation sites excluding steroid dienone is 2. The number of amides is 1. The Labute approximate surface area is 123 Å². The van der Waals surface area contributed by atoms with Gasteiger partial charge in [-0.3, -0.25) is 9.59 Å². The van der Waals surface area contributed by atoms with Gasteiger partial charge in [-0.05, 0) is 25.8 Å². The highest BCUT2D eigenvalue weighted by atomic mass is 16.4. The molecule has 1 aliphatic rings. The Morgan fingerprint density at radius 1 is 1.19 bits per heavy atom. The third kappa shape index (κ3) is 3.49. The second-order valence-corrected chi connectivity index (χ2v) is 5.25. The van der Waals surface area contributed by atoms with Gasteiger partial charge in [-0.2, -0.15) is 0 Å². The molecule has 1 aliphatic carbocycles. The fourth-order valence-electron chi connectivity index (χ4n) is 2.58. The van der Waals surface area contributed by atoms with Crippen LogP contribution in [0, 0.1) is 11.8 Å². The van der Waals surface area contributed by atoms with Gasteiger partial charge >= 0.3 is 5.97 Å². The number of aliphatic hydroxyl groups excluding tert-OH is 1. The molecular weight excluding hydrogens is 270 g/mol. The molecule has 1 aromatic carbocycles. The summed E-state index contributed by atoms with van der Waals surface area (Å²) < 4.78 is 0. The van der Waals surface area contributed by atoms with Crippen LogP contribution in [0.5, 0.6) is 0 Å². The van der Waals surface area contributed by atoms with E-state index in [0.717, 1.165) is 0 Å². The lowest BCUT2D eigenvalue weighted by Crippen LogP contribution is -2.35. The van der Waals surface area contributed by atoms with Crippen molar-refractivity contribution in [3.05, 3.63) is 42.0 Å². The maximum atomic E-state index is 12.4. The van der Waals surface area contributed by atoms with E-state index in [-0.39, 0.29) is 5.91 Å². The number of benzene rings is 1. The van der Waals surface area contributed by atoms with E-state index in [0.29, 0.717) is 24.1 Å². The maximum absolute atomic E-state index is 12.4. The average Bonchev–Trinajstić information content (AvgIpc) is 2.47. The van der Waals surface area contributed by atoms with Crippen molar-refractivity contribution in [3.63, 3.8) is 0 Å². The van der Waals surface area contributed by atoms with Gasteiger partial charge < -0.3 is 15.5 Å². The summed E-state index contributed by atoms with van der Waals surface area (Å²) in [6.07, 6.45) is 3.71. The number of aliphatic carboxylic acids is 1. The van der Waals surface area contributed by atoms with Crippen molar-refractivity contribution >= 4 is 17.6 Å². The number of nitrogens with one attached hydrogen (secondary N) is 1. The van der Waals surface area contributed by atoms with Gasteiger partial charge in [0.25, 0.3) is 0 Å². The summed E-state index contributed by atoms with van der Waals surface area (Å²) in [5, 5.41) is 21.7. The van der Waals surface area contributed by atoms with Gasteiger partial charge in [0.15, 0.2) is 0 Å². The number of hydrogen-bond donors (Lipinski definition) is 3. The Bertz CT molecular complexity index is 565. The maximum Gasteiger partial charge on any atom is 0.307 e. The fraction of sp³-hybridized carbons (Fsp3) is 0.375. The first kappa shape index (κ1) is 15.3. The molecule has 0 aliphatic heterocycles. The summed E-state index contributed by atoms with van der Waals surface area (Å²) in [6.45, 7) is 1.62. The highest BCUT2D eigenvalue weighted by molar-refractivity contribution is 5.96. The third-order valence-corrected chi connectivity index (χ3v) is 3.76. The van der Waals surface area contributed by atoms with Crippen LogP contribution in [0.4, 0.5) is 5.69 Å². The minimum Gasteiger partial charge on any atom is -0.481 e. The molecular formula is C16H19NO4. The molecule has 1 aromatic rings. The minimum atomic E-state index is -0.955. The highest BCUT2D eigenvalue weighted by Crippen LogP contribution is 2.29. The molecule has 0 aromatic heterocycles. The van der Waals surface area contributed by atoms with Crippen LogP contribution >= 0.6 is 0 Å². The molecule has 2 rings (SSSR count). The molecule has 1 unspecified atom stereocenters. The fourth-order valence-corrected chi connectivity index (χ4v) is 2.58. The third-order valence-electron chi connectivity index (χ3n) is 3.76. The van der Waals surface area contributed by atoms with E-state index in [9.17, 15) is 19.8 Å². The SMILES string of the molecule is CC(O)c1ccccc1NC(=O)[C@@H]1CC=CC[C@@H]1C(=O)O. The van der Waals surface area contributed by atoms with E-state index in [2.05, 4.69) is 5.32 Å². The summed E-state index contributed by atoms with van der Waals surface area (Å²) in [6, 6.07) is 6.97. The van der Waals surface area contributed by atoms with Crippen LogP contribution in [0.15, 0.2) is 36.4 Å². The summed E-state index contributed by atoms with van der Waals surface area (Å²) in [7, 11) is 0. The molecule has 3 atom stereocenters. The van der Waals surface area contributed by atoms with Crippen LogP contribution in [-0.2, 0) is 9.59 Å². The van der Waals surface area contributed by atoms with Gasteiger partial charge in [0.1, 0.15) is 0 Å². The first-order valence-corrected chi connectivity index (χ1v) is 6.96. The zero-order valence-electron chi connectivity index (χ0n) is 11.8. The summed E-state index contributed by atoms with van der Waals surface area (Å²) in [4.78, 5) is 23.6. The van der Waals surface area contributed by atoms with Gasteiger partial charge in [-0.15, -0.1) is 0 Å². The minimum absolute atomic E-state index is 0.320. The monoisotopic (exact) mass is 289 g/mol. The van der Waals surface area contributed by atoms with E-state index in [4.69, 9.17) is 0 Å². The molecule has 0 saturated carbocycles. The number of para-hydroxylation sites is 1. The second kappa shape index (κ2) is 6.54. The molecule has 21 heavy (non-hydrogen) atoms. The number of carboxylic acids is 1. The standard InChI is InChI=1S/C16H19NO4/c1-10(18)11-6-4-5-9-14(11)17-15(19)12-7-2-3-8-13(12)16(20)21/h2-6,9-10,12-13,18H,7-8H2,1H3,(H,17,19)(H,20,21)/t10?,12-,13+/m1/s1. The van der Waals surface area contributed by atoms with Crippen molar-refractivity contribution in [2.45, 2.75) is 25.9 Å². The van der Waals surface area contributed by atoms with Gasteiger partial charge in [0, 0.05) is 11.3 Å². The normalized spacial score (nSPS) is 22.6. The lowest BCUT2D eigenvalue weighted by molar-refractivity contribution is -0.146. The number of carbonyl (C=O) groups is 2. The van der Waals surface area contributed by atoms with Crippen molar-refractivity contribution in [3.8, 4) is 0 Å². The number of aliphatic hydroxyl groups is 1. The van der Waals surface area contributed by atoms with E-state index >= 15 is 0 Å². The molecule has 112 valence electrons. The number of anilines is 1. The molecule has 0 bridgehead atoms. The lowest BCUT2D eigenvalue weighted by atomic mass is 9.82. The Morgan fingerprint density at radius 2 is 1.81 bits per heavy atom. The molecule has 0 spiro atoms. The first-order chi connectivity index (χ1) is 10.0. The Morgan fingerprint density at radius 3 is 2.43 bits per heavy atom. The zero-order valence-corrected chi connectivity index (χ0v) is 11.8. The van der Waals surface area contributed by atoms with Crippen LogP contribution in [0.1, 0.15) is 31.4 Å². The molecule has 1 amide bonds. The molecule has 5 heteroatoms. The predicted molar refractivity (Wildman–Crippen MR) is 78.7 cm³/mol. The smallest absolute Gasteiger partial charge is 0.307 e. The van der Waals surface area contributed by atoms with Gasteiger partial charge in [-0.25, -0.2) is 0 Å². The Kier molecular flexibility index (Phi) is 4.75. The molecule has 0 saturated heterocycles. The van der Waals surface area contributed by atoms with Gasteiger partial charge in [-0.1, -0.05) is 30.4 Å². The lowest BCUT2D eigenvalue weighted by Gasteiger charge is -2.25. The molecule has 3 N–H and O–H groups in total. The van der Waals surface area contributed by atoms with Crippen LogP contribution in [0.3, 0.4) is 0 Å². The molecule has 5 nitrogen and oxygen atoms in total. The molecule has 0 radical (unpaired) electrons. The molecule has 0 fully saturated rings. The van der Waals surface area contributed by atoms with Crippen molar-refractivity contribution in [2.24, 2.45) is 11.8 Å². The van der Waals surface area contributed by atoms with Gasteiger partial charge in [0.05, 0.1) is 17.9 Å². The van der Waals surface area contributed by atoms with E-state index in [1.54, 1.807) is 37.3 Å². The zero-order chi connectivity index (χ0) is 15.4. The van der Waals surface area contributed by atoms with Crippen LogP contribution < -0.4 is 5.32 Å². The Balaban J connectivity index is 2.18. The predicted octanol–water partition coefficient (Wildman–Crippen LogP) is 2.35. The number of hydrogen-bond acceptors (Lipinski definition) is 3. The topological polar surface area (TPSA) is 86.6 Å². The first-order valence-electron chi connectivity index (χ1n) is 6.96. The van der Waals surface area contributed by atoms with Crippen LogP contribution in [0.2, 0.25) is 0 Å². The van der Waals surface area contributed by atoms with Gasteiger partial charge in [0.2, 0.25) is 5.91 Å². The summed E-state index contributed by atoms with van der Waals surface area (Å²) >= 11 is 0. The van der Waals surface area contributed by atoms with Crippen molar-refractivity contribution < 1.29 is 19.8 Å². The second-order valence-electron chi connectivity index (χ2n) is 5.25. The van der Waals surface area contributed by atoms with Crippen molar-refractivity contribution in [1.29, 1.82) is 0 Å². The average molecular weight is 289 g/mol.